The molecular weight excluding hydrogens is 226 g/mol. The van der Waals surface area contributed by atoms with E-state index >= 15 is 0 Å². The van der Waals surface area contributed by atoms with Gasteiger partial charge in [-0.1, -0.05) is 18.3 Å². The van der Waals surface area contributed by atoms with Crippen LogP contribution in [0.4, 0.5) is 0 Å². The number of nitrogens with zero attached hydrogens (tertiary/aromatic N) is 1. The van der Waals surface area contributed by atoms with Crippen LogP contribution in [0.15, 0.2) is 9.98 Å². The third kappa shape index (κ3) is 2.79. The van der Waals surface area contributed by atoms with Crippen molar-refractivity contribution in [1.82, 2.24) is 4.98 Å². The van der Waals surface area contributed by atoms with Gasteiger partial charge in [-0.05, 0) is 29.3 Å². The average Bonchev–Trinajstić information content (AvgIpc) is 2.35. The normalized spacial score (nSPS) is 13.0. The number of halogens is 1. The second kappa shape index (κ2) is 4.07. The minimum absolute atomic E-state index is 0.257. The summed E-state index contributed by atoms with van der Waals surface area (Å²) in [6.45, 7) is 4.13. The number of rotatable bonds is 3. The Bertz CT molecular complexity index is 226. The second-order valence-electron chi connectivity index (χ2n) is 2.27. The van der Waals surface area contributed by atoms with E-state index in [2.05, 4.69) is 27.8 Å². The van der Waals surface area contributed by atoms with Crippen LogP contribution in [0.5, 0.6) is 5.19 Å². The van der Waals surface area contributed by atoms with Gasteiger partial charge >= 0.3 is 0 Å². The zero-order valence-corrected chi connectivity index (χ0v) is 8.91. The zero-order valence-electron chi connectivity index (χ0n) is 6.50. The Kier molecular flexibility index (Phi) is 3.33. The Morgan fingerprint density at radius 3 is 3.00 bits per heavy atom. The van der Waals surface area contributed by atoms with Gasteiger partial charge in [0, 0.05) is 5.38 Å². The van der Waals surface area contributed by atoms with Crippen molar-refractivity contribution in [3.63, 3.8) is 0 Å². The Balaban J connectivity index is 2.50. The maximum atomic E-state index is 5.46. The zero-order chi connectivity index (χ0) is 8.27. The molecule has 1 heterocycles. The lowest BCUT2D eigenvalue weighted by molar-refractivity contribution is 0.216. The summed E-state index contributed by atoms with van der Waals surface area (Å²) in [6, 6.07) is 0. The van der Waals surface area contributed by atoms with Crippen molar-refractivity contribution in [2.75, 3.05) is 0 Å². The summed E-state index contributed by atoms with van der Waals surface area (Å²) >= 11 is 4.78. The first-order valence-corrected chi connectivity index (χ1v) is 5.17. The fourth-order valence-corrected chi connectivity index (χ4v) is 1.73. The van der Waals surface area contributed by atoms with E-state index in [0.717, 1.165) is 16.2 Å². The molecule has 0 aliphatic carbocycles. The van der Waals surface area contributed by atoms with Crippen molar-refractivity contribution in [3.8, 4) is 5.19 Å². The van der Waals surface area contributed by atoms with Crippen molar-refractivity contribution in [3.05, 3.63) is 9.98 Å². The monoisotopic (exact) mass is 235 g/mol. The smallest absolute Gasteiger partial charge is 0.274 e. The maximum absolute atomic E-state index is 5.46. The molecule has 1 atom stereocenters. The Morgan fingerprint density at radius 1 is 1.82 bits per heavy atom. The van der Waals surface area contributed by atoms with Crippen molar-refractivity contribution in [2.24, 2.45) is 0 Å². The molecule has 0 N–H and O–H groups in total. The number of ether oxygens (including phenoxy) is 1. The Hall–Kier alpha value is -0.0900. The topological polar surface area (TPSA) is 22.1 Å². The van der Waals surface area contributed by atoms with Crippen molar-refractivity contribution >= 4 is 27.3 Å². The predicted octanol–water partition coefficient (Wildman–Crippen LogP) is 3.08. The number of hydrogen-bond donors (Lipinski definition) is 0. The van der Waals surface area contributed by atoms with E-state index in [1.807, 2.05) is 12.3 Å². The quantitative estimate of drug-likeness (QED) is 0.804. The molecule has 0 bridgehead atoms. The second-order valence-corrected chi connectivity index (χ2v) is 3.91. The summed E-state index contributed by atoms with van der Waals surface area (Å²) in [5.41, 5.74) is 0. The van der Waals surface area contributed by atoms with Crippen LogP contribution in [-0.4, -0.2) is 11.1 Å². The Labute approximate surface area is 78.7 Å². The van der Waals surface area contributed by atoms with Gasteiger partial charge in [0.15, 0.2) is 0 Å². The highest BCUT2D eigenvalue weighted by molar-refractivity contribution is 9.10. The first-order chi connectivity index (χ1) is 5.22. The molecule has 0 saturated heterocycles. The molecule has 4 heteroatoms. The minimum atomic E-state index is 0.257. The van der Waals surface area contributed by atoms with E-state index in [1.165, 1.54) is 11.3 Å². The maximum Gasteiger partial charge on any atom is 0.274 e. The third-order valence-corrected chi connectivity index (χ3v) is 2.77. The van der Waals surface area contributed by atoms with E-state index in [1.54, 1.807) is 0 Å². The summed E-state index contributed by atoms with van der Waals surface area (Å²) in [7, 11) is 0. The van der Waals surface area contributed by atoms with Crippen LogP contribution in [0.25, 0.3) is 0 Å². The molecule has 0 amide bonds. The van der Waals surface area contributed by atoms with Gasteiger partial charge in [-0.3, -0.25) is 0 Å². The molecule has 0 radical (unpaired) electrons. The van der Waals surface area contributed by atoms with Crippen LogP contribution in [0.1, 0.15) is 20.3 Å². The lowest BCUT2D eigenvalue weighted by Gasteiger charge is -2.07. The average molecular weight is 236 g/mol. The molecule has 0 fully saturated rings. The van der Waals surface area contributed by atoms with Gasteiger partial charge in [-0.25, -0.2) is 0 Å². The van der Waals surface area contributed by atoms with Crippen LogP contribution < -0.4 is 4.74 Å². The van der Waals surface area contributed by atoms with E-state index in [4.69, 9.17) is 4.74 Å². The summed E-state index contributed by atoms with van der Waals surface area (Å²) in [4.78, 5) is 4.11. The van der Waals surface area contributed by atoms with Crippen LogP contribution in [-0.2, 0) is 0 Å². The van der Waals surface area contributed by atoms with E-state index in [9.17, 15) is 0 Å². The van der Waals surface area contributed by atoms with E-state index in [0.29, 0.717) is 0 Å². The van der Waals surface area contributed by atoms with Crippen LogP contribution in [0.3, 0.4) is 0 Å². The highest BCUT2D eigenvalue weighted by Crippen LogP contribution is 2.22. The molecule has 0 spiro atoms. The summed E-state index contributed by atoms with van der Waals surface area (Å²) < 4.78 is 6.31. The fraction of sp³-hybridized carbons (Fsp3) is 0.571. The molecule has 0 aromatic carbocycles. The van der Waals surface area contributed by atoms with E-state index < -0.39 is 0 Å². The van der Waals surface area contributed by atoms with Gasteiger partial charge < -0.3 is 4.74 Å². The first-order valence-electron chi connectivity index (χ1n) is 3.50. The van der Waals surface area contributed by atoms with Crippen LogP contribution in [0.2, 0.25) is 0 Å². The molecule has 0 saturated carbocycles. The summed E-state index contributed by atoms with van der Waals surface area (Å²) in [6.07, 6.45) is 1.27. The SMILES string of the molecule is CCC(C)Oc1nc(Br)cs1. The van der Waals surface area contributed by atoms with Gasteiger partial charge in [-0.15, -0.1) is 0 Å². The van der Waals surface area contributed by atoms with Gasteiger partial charge in [0.1, 0.15) is 4.60 Å². The molecule has 1 unspecified atom stereocenters. The van der Waals surface area contributed by atoms with Gasteiger partial charge in [0.25, 0.3) is 5.19 Å². The summed E-state index contributed by atoms with van der Waals surface area (Å²) in [5, 5.41) is 2.66. The molecule has 1 aromatic rings. The van der Waals surface area contributed by atoms with Crippen LogP contribution in [0, 0.1) is 0 Å². The fourth-order valence-electron chi connectivity index (χ4n) is 0.549. The number of hydrogen-bond acceptors (Lipinski definition) is 3. The lowest BCUT2D eigenvalue weighted by atomic mass is 10.3. The van der Waals surface area contributed by atoms with Crippen molar-refractivity contribution < 1.29 is 4.74 Å². The third-order valence-electron chi connectivity index (χ3n) is 1.33. The molecule has 62 valence electrons. The Morgan fingerprint density at radius 2 is 2.55 bits per heavy atom. The largest absolute Gasteiger partial charge is 0.467 e. The molecule has 0 aliphatic heterocycles. The van der Waals surface area contributed by atoms with Gasteiger partial charge in [0.05, 0.1) is 6.10 Å². The molecular formula is C7H10BrNOS. The number of thiazole rings is 1. The van der Waals surface area contributed by atoms with E-state index in [-0.39, 0.29) is 6.10 Å². The standard InChI is InChI=1S/C7H10BrNOS/c1-3-5(2)10-7-9-6(8)4-11-7/h4-5H,3H2,1-2H3. The molecule has 1 aromatic heterocycles. The lowest BCUT2D eigenvalue weighted by Crippen LogP contribution is -2.09. The van der Waals surface area contributed by atoms with Crippen molar-refractivity contribution in [1.29, 1.82) is 0 Å². The van der Waals surface area contributed by atoms with Crippen LogP contribution >= 0.6 is 27.3 Å². The molecule has 1 rings (SSSR count). The molecule has 11 heavy (non-hydrogen) atoms. The van der Waals surface area contributed by atoms with Crippen molar-refractivity contribution in [2.45, 2.75) is 26.4 Å². The molecule has 0 aliphatic rings. The van der Waals surface area contributed by atoms with Gasteiger partial charge in [0.2, 0.25) is 0 Å². The summed E-state index contributed by atoms with van der Waals surface area (Å²) in [5.74, 6) is 0. The van der Waals surface area contributed by atoms with Gasteiger partial charge in [-0.2, -0.15) is 4.98 Å². The first kappa shape index (κ1) is 9.00. The minimum Gasteiger partial charge on any atom is -0.467 e. The predicted molar refractivity (Wildman–Crippen MR) is 50.2 cm³/mol. The molecule has 2 nitrogen and oxygen atoms in total. The highest BCUT2D eigenvalue weighted by Gasteiger charge is 2.03. The highest BCUT2D eigenvalue weighted by atomic mass is 79.9. The number of aromatic nitrogens is 1.